The molecule has 1 aliphatic rings. The van der Waals surface area contributed by atoms with Crippen molar-refractivity contribution in [3.63, 3.8) is 0 Å². The van der Waals surface area contributed by atoms with Crippen LogP contribution in [0.15, 0.2) is 41.3 Å². The monoisotopic (exact) mass is 619 g/mol. The van der Waals surface area contributed by atoms with Crippen LogP contribution in [0.4, 0.5) is 23.4 Å². The van der Waals surface area contributed by atoms with Crippen LogP contribution in [0.3, 0.4) is 0 Å². The fourth-order valence-corrected chi connectivity index (χ4v) is 5.25. The van der Waals surface area contributed by atoms with Gasteiger partial charge < -0.3 is 15.0 Å². The van der Waals surface area contributed by atoms with Crippen molar-refractivity contribution in [1.29, 1.82) is 0 Å². The molecule has 1 aliphatic heterocycles. The second kappa shape index (κ2) is 11.2. The Morgan fingerprint density at radius 2 is 1.88 bits per heavy atom. The molecule has 15 heteroatoms. The van der Waals surface area contributed by atoms with Crippen molar-refractivity contribution in [3.8, 4) is 16.9 Å². The number of hydrogen-bond acceptors (Lipinski definition) is 9. The molecule has 3 aromatic heterocycles. The summed E-state index contributed by atoms with van der Waals surface area (Å²) in [5.41, 5.74) is -1.49. The summed E-state index contributed by atoms with van der Waals surface area (Å²) < 4.78 is 60.7. The minimum Gasteiger partial charge on any atom is -0.431 e. The number of benzene rings is 1. The van der Waals surface area contributed by atoms with E-state index in [1.54, 1.807) is 25.3 Å². The van der Waals surface area contributed by atoms with Crippen molar-refractivity contribution in [2.45, 2.75) is 45.5 Å². The summed E-state index contributed by atoms with van der Waals surface area (Å²) in [6.07, 6.45) is -3.68. The second-order valence-corrected chi connectivity index (χ2v) is 10.8. The maximum Gasteiger partial charge on any atom is 0.491 e. The molecule has 0 radical (unpaired) electrons. The van der Waals surface area contributed by atoms with E-state index < -0.39 is 29.4 Å². The van der Waals surface area contributed by atoms with Crippen molar-refractivity contribution in [1.82, 2.24) is 29.8 Å². The molecule has 1 aromatic carbocycles. The molecule has 0 unspecified atom stereocenters. The first-order valence-electron chi connectivity index (χ1n) is 13.2. The van der Waals surface area contributed by atoms with E-state index in [0.717, 1.165) is 0 Å². The first kappa shape index (κ1) is 30.3. The van der Waals surface area contributed by atoms with Crippen molar-refractivity contribution in [3.05, 3.63) is 69.2 Å². The predicted molar refractivity (Wildman–Crippen MR) is 151 cm³/mol. The molecule has 0 bridgehead atoms. The molecule has 43 heavy (non-hydrogen) atoms. The van der Waals surface area contributed by atoms with Crippen molar-refractivity contribution >= 4 is 34.6 Å². The van der Waals surface area contributed by atoms with Crippen molar-refractivity contribution in [2.24, 2.45) is 0 Å². The fraction of sp³-hybridized carbons (Fsp3) is 0.357. The zero-order valence-electron chi connectivity index (χ0n) is 23.5. The number of alkyl halides is 3. The Labute approximate surface area is 247 Å². The number of pyridine rings is 1. The number of nitrogens with zero attached hydrogens (tertiary/aromatic N) is 6. The average Bonchev–Trinajstić information content (AvgIpc) is 2.93. The standard InChI is InChI=1S/C28H26ClF4N7O3/c1-14(2)18-21(15(3)9-10-35-18)40-24-20(36-22(29)19(37-24)16-7-5-6-8-17(16)30)23(38-26(40)42)39-12-11-34-13-27(39,4)43-25(41)28(31,32)33/h5-10,14,34H,11-13H2,1-4H3/t27-/m0/s1. The number of piperazine rings is 1. The third-order valence-corrected chi connectivity index (χ3v) is 7.30. The van der Waals surface area contributed by atoms with Crippen LogP contribution in [-0.2, 0) is 9.53 Å². The van der Waals surface area contributed by atoms with Gasteiger partial charge in [0.1, 0.15) is 11.5 Å². The van der Waals surface area contributed by atoms with E-state index in [9.17, 15) is 27.2 Å². The summed E-state index contributed by atoms with van der Waals surface area (Å²) in [6.45, 7) is 6.79. The first-order valence-corrected chi connectivity index (χ1v) is 13.6. The molecule has 10 nitrogen and oxygen atoms in total. The van der Waals surface area contributed by atoms with E-state index in [0.29, 0.717) is 16.9 Å². The lowest BCUT2D eigenvalue weighted by atomic mass is 10.0. The minimum absolute atomic E-state index is 0.0115. The lowest BCUT2D eigenvalue weighted by Gasteiger charge is -2.44. The third kappa shape index (κ3) is 5.52. The van der Waals surface area contributed by atoms with Crippen LogP contribution in [-0.4, -0.2) is 62.0 Å². The number of aromatic nitrogens is 5. The second-order valence-electron chi connectivity index (χ2n) is 10.5. The molecular weight excluding hydrogens is 594 g/mol. The van der Waals surface area contributed by atoms with Gasteiger partial charge in [0.15, 0.2) is 27.9 Å². The van der Waals surface area contributed by atoms with Crippen molar-refractivity contribution < 1.29 is 27.1 Å². The molecule has 226 valence electrons. The van der Waals surface area contributed by atoms with Crippen LogP contribution in [0.5, 0.6) is 0 Å². The Hall–Kier alpha value is -4.17. The Balaban J connectivity index is 1.86. The molecule has 5 rings (SSSR count). The van der Waals surface area contributed by atoms with Crippen LogP contribution >= 0.6 is 11.6 Å². The van der Waals surface area contributed by atoms with Gasteiger partial charge in [0.2, 0.25) is 0 Å². The lowest BCUT2D eigenvalue weighted by Crippen LogP contribution is -2.63. The summed E-state index contributed by atoms with van der Waals surface area (Å²) in [6, 6.07) is 7.42. The maximum atomic E-state index is 14.9. The Bertz CT molecular complexity index is 1800. The smallest absolute Gasteiger partial charge is 0.431 e. The number of esters is 1. The number of hydrogen-bond donors (Lipinski definition) is 1. The summed E-state index contributed by atoms with van der Waals surface area (Å²) >= 11 is 6.55. The largest absolute Gasteiger partial charge is 0.491 e. The molecule has 1 fully saturated rings. The predicted octanol–water partition coefficient (Wildman–Crippen LogP) is 4.69. The lowest BCUT2D eigenvalue weighted by molar-refractivity contribution is -0.213. The number of carbonyl (C=O) groups is 1. The molecule has 1 atom stereocenters. The van der Waals surface area contributed by atoms with Gasteiger partial charge >= 0.3 is 17.8 Å². The average molecular weight is 620 g/mol. The van der Waals surface area contributed by atoms with Gasteiger partial charge in [0.05, 0.1) is 17.9 Å². The Kier molecular flexibility index (Phi) is 7.86. The van der Waals surface area contributed by atoms with Crippen LogP contribution in [0.1, 0.15) is 37.9 Å². The number of carbonyl (C=O) groups excluding carboxylic acids is 1. The SMILES string of the molecule is Cc1ccnc(C(C)C)c1-n1c(=O)nc(N2CCNC[C@]2(C)OC(=O)C(F)(F)F)c2nc(Cl)c(-c3ccccc3F)nc21. The van der Waals surface area contributed by atoms with E-state index in [4.69, 9.17) is 16.3 Å². The Morgan fingerprint density at radius 3 is 2.56 bits per heavy atom. The van der Waals surface area contributed by atoms with Crippen LogP contribution in [0.25, 0.3) is 28.1 Å². The van der Waals surface area contributed by atoms with Gasteiger partial charge in [-0.2, -0.15) is 18.2 Å². The normalized spacial score (nSPS) is 17.5. The highest BCUT2D eigenvalue weighted by atomic mass is 35.5. The van der Waals surface area contributed by atoms with E-state index in [1.165, 1.54) is 34.6 Å². The van der Waals surface area contributed by atoms with Gasteiger partial charge in [-0.25, -0.2) is 28.5 Å². The highest BCUT2D eigenvalue weighted by Crippen LogP contribution is 2.36. The van der Waals surface area contributed by atoms with Gasteiger partial charge in [-0.1, -0.05) is 37.6 Å². The summed E-state index contributed by atoms with van der Waals surface area (Å²) in [7, 11) is 0. The van der Waals surface area contributed by atoms with E-state index in [2.05, 4.69) is 25.3 Å². The van der Waals surface area contributed by atoms with Gasteiger partial charge in [0.25, 0.3) is 0 Å². The number of anilines is 1. The third-order valence-electron chi connectivity index (χ3n) is 7.04. The van der Waals surface area contributed by atoms with Gasteiger partial charge in [-0.15, -0.1) is 0 Å². The molecular formula is C28H26ClF4N7O3. The molecule has 4 heterocycles. The number of halogens is 5. The first-order chi connectivity index (χ1) is 20.2. The fourth-order valence-electron chi connectivity index (χ4n) is 5.02. The molecule has 0 amide bonds. The number of nitrogens with one attached hydrogen (secondary N) is 1. The zero-order chi connectivity index (χ0) is 31.3. The molecule has 0 spiro atoms. The number of fused-ring (bicyclic) bond motifs is 1. The van der Waals surface area contributed by atoms with Crippen LogP contribution < -0.4 is 15.9 Å². The maximum absolute atomic E-state index is 14.9. The van der Waals surface area contributed by atoms with Gasteiger partial charge in [-0.3, -0.25) is 4.98 Å². The Morgan fingerprint density at radius 1 is 1.16 bits per heavy atom. The van der Waals surface area contributed by atoms with Crippen LogP contribution in [0, 0.1) is 12.7 Å². The van der Waals surface area contributed by atoms with E-state index in [-0.39, 0.29) is 58.9 Å². The zero-order valence-corrected chi connectivity index (χ0v) is 24.2. The minimum atomic E-state index is -5.27. The van der Waals surface area contributed by atoms with Crippen LogP contribution in [0.2, 0.25) is 5.15 Å². The van der Waals surface area contributed by atoms with Crippen molar-refractivity contribution in [2.75, 3.05) is 24.5 Å². The molecule has 1 N–H and O–H groups in total. The summed E-state index contributed by atoms with van der Waals surface area (Å²) in [4.78, 5) is 44.9. The molecule has 1 saturated heterocycles. The summed E-state index contributed by atoms with van der Waals surface area (Å²) in [5, 5.41) is 2.65. The van der Waals surface area contributed by atoms with Gasteiger partial charge in [0, 0.05) is 24.8 Å². The summed E-state index contributed by atoms with van der Waals surface area (Å²) in [5.74, 6) is -3.42. The van der Waals surface area contributed by atoms with E-state index >= 15 is 0 Å². The molecule has 0 aliphatic carbocycles. The van der Waals surface area contributed by atoms with E-state index in [1.807, 2.05) is 13.8 Å². The quantitative estimate of drug-likeness (QED) is 0.251. The number of ether oxygens (including phenoxy) is 1. The number of aryl methyl sites for hydroxylation is 1. The van der Waals surface area contributed by atoms with Gasteiger partial charge in [-0.05, 0) is 43.5 Å². The highest BCUT2D eigenvalue weighted by molar-refractivity contribution is 6.32. The topological polar surface area (TPSA) is 115 Å². The number of rotatable bonds is 5. The molecule has 4 aromatic rings. The highest BCUT2D eigenvalue weighted by Gasteiger charge is 2.48. The molecule has 0 saturated carbocycles.